The van der Waals surface area contributed by atoms with Gasteiger partial charge in [-0.15, -0.1) is 0 Å². The zero-order valence-electron chi connectivity index (χ0n) is 18.1. The lowest BCUT2D eigenvalue weighted by atomic mass is 10.2. The lowest BCUT2D eigenvalue weighted by Crippen LogP contribution is -2.08. The molecule has 2 rings (SSSR count). The Morgan fingerprint density at radius 1 is 0.867 bits per heavy atom. The van der Waals surface area contributed by atoms with Crippen molar-refractivity contribution in [1.29, 1.82) is 0 Å². The first-order valence-corrected chi connectivity index (χ1v) is 9.45. The molecule has 0 spiro atoms. The molecule has 0 unspecified atom stereocenters. The Bertz CT molecular complexity index is 727. The van der Waals surface area contributed by atoms with Gasteiger partial charge in [0.05, 0.1) is 14.2 Å². The van der Waals surface area contributed by atoms with Gasteiger partial charge >= 0.3 is 0 Å². The van der Waals surface area contributed by atoms with Crippen LogP contribution < -0.4 is 9.47 Å². The molecule has 0 aliphatic rings. The first kappa shape index (κ1) is 27.2. The van der Waals surface area contributed by atoms with Crippen molar-refractivity contribution in [2.24, 2.45) is 0 Å². The van der Waals surface area contributed by atoms with Gasteiger partial charge in [0.2, 0.25) is 0 Å². The first-order chi connectivity index (χ1) is 14.4. The Morgan fingerprint density at radius 3 is 1.77 bits per heavy atom. The van der Waals surface area contributed by atoms with E-state index in [9.17, 15) is 9.90 Å². The van der Waals surface area contributed by atoms with Crippen LogP contribution in [0.5, 0.6) is 23.0 Å². The molecule has 0 fully saturated rings. The van der Waals surface area contributed by atoms with Crippen molar-refractivity contribution >= 4 is 6.29 Å². The molecule has 168 valence electrons. The number of rotatable bonds is 8. The molecule has 0 bridgehead atoms. The van der Waals surface area contributed by atoms with E-state index < -0.39 is 6.29 Å². The summed E-state index contributed by atoms with van der Waals surface area (Å²) < 4.78 is 20.7. The van der Waals surface area contributed by atoms with Crippen molar-refractivity contribution in [3.05, 3.63) is 47.5 Å². The summed E-state index contributed by atoms with van der Waals surface area (Å²) >= 11 is 0. The standard InChI is InChI=1S/C12H18O4.C8H8O3.C2H6O/c1-4-15-12(16-5-2)9-6-7-10(13)11(8-9)14-3;1-11-8-4-6(5-9)2-3-7(8)10;1-2-3/h6-8,12-13H,4-5H2,1-3H3;2-5,10H,1H3;3H,2H2,1H3. The highest BCUT2D eigenvalue weighted by Crippen LogP contribution is 2.30. The monoisotopic (exact) mass is 424 g/mol. The third-order valence-electron chi connectivity index (χ3n) is 3.45. The second-order valence-corrected chi connectivity index (χ2v) is 5.54. The highest BCUT2D eigenvalue weighted by molar-refractivity contribution is 5.76. The number of phenols is 2. The Balaban J connectivity index is 0.000000521. The Hall–Kier alpha value is -2.81. The summed E-state index contributed by atoms with van der Waals surface area (Å²) in [5, 5.41) is 26.1. The van der Waals surface area contributed by atoms with Crippen LogP contribution in [0.15, 0.2) is 36.4 Å². The van der Waals surface area contributed by atoms with Crippen molar-refractivity contribution in [3.8, 4) is 23.0 Å². The van der Waals surface area contributed by atoms with Crippen LogP contribution in [0.1, 0.15) is 43.0 Å². The summed E-state index contributed by atoms with van der Waals surface area (Å²) in [4.78, 5) is 10.2. The highest BCUT2D eigenvalue weighted by atomic mass is 16.7. The lowest BCUT2D eigenvalue weighted by Gasteiger charge is -2.18. The topological polar surface area (TPSA) is 115 Å². The van der Waals surface area contributed by atoms with E-state index in [1.807, 2.05) is 13.8 Å². The Morgan fingerprint density at radius 2 is 1.33 bits per heavy atom. The summed E-state index contributed by atoms with van der Waals surface area (Å²) in [6.45, 7) is 6.87. The first-order valence-electron chi connectivity index (χ1n) is 9.45. The van der Waals surface area contributed by atoms with Gasteiger partial charge in [0.25, 0.3) is 0 Å². The Kier molecular flexibility index (Phi) is 14.5. The maximum absolute atomic E-state index is 10.2. The fourth-order valence-electron chi connectivity index (χ4n) is 2.15. The van der Waals surface area contributed by atoms with Crippen LogP contribution in [0.3, 0.4) is 0 Å². The molecular weight excluding hydrogens is 392 g/mol. The molecule has 30 heavy (non-hydrogen) atoms. The average Bonchev–Trinajstić information content (AvgIpc) is 2.75. The minimum atomic E-state index is -0.413. The van der Waals surface area contributed by atoms with Crippen molar-refractivity contribution in [1.82, 2.24) is 0 Å². The SMILES string of the molecule is CCO.CCOC(OCC)c1ccc(O)c(OC)c1.COc1cc(C=O)ccc1O. The van der Waals surface area contributed by atoms with Crippen LogP contribution in [0.2, 0.25) is 0 Å². The number of methoxy groups -OCH3 is 2. The van der Waals surface area contributed by atoms with Crippen LogP contribution in [0, 0.1) is 0 Å². The van der Waals surface area contributed by atoms with Crippen molar-refractivity contribution in [3.63, 3.8) is 0 Å². The molecule has 8 nitrogen and oxygen atoms in total. The van der Waals surface area contributed by atoms with Gasteiger partial charge in [0, 0.05) is 30.9 Å². The van der Waals surface area contributed by atoms with Crippen LogP contribution in [0.4, 0.5) is 0 Å². The number of aliphatic hydroxyl groups excluding tert-OH is 1. The van der Waals surface area contributed by atoms with Gasteiger partial charge in [-0.25, -0.2) is 0 Å². The number of aldehydes is 1. The van der Waals surface area contributed by atoms with Crippen LogP contribution >= 0.6 is 0 Å². The molecule has 0 heterocycles. The predicted molar refractivity (Wildman–Crippen MR) is 113 cm³/mol. The van der Waals surface area contributed by atoms with E-state index in [0.29, 0.717) is 36.6 Å². The summed E-state index contributed by atoms with van der Waals surface area (Å²) in [6, 6.07) is 9.45. The van der Waals surface area contributed by atoms with Crippen LogP contribution in [0.25, 0.3) is 0 Å². The van der Waals surface area contributed by atoms with Crippen molar-refractivity contribution in [2.45, 2.75) is 27.1 Å². The van der Waals surface area contributed by atoms with Gasteiger partial charge in [-0.2, -0.15) is 0 Å². The van der Waals surface area contributed by atoms with E-state index in [0.717, 1.165) is 5.56 Å². The quantitative estimate of drug-likeness (QED) is 0.434. The molecule has 0 aliphatic heterocycles. The normalized spacial score (nSPS) is 9.70. The zero-order chi connectivity index (χ0) is 22.9. The van der Waals surface area contributed by atoms with E-state index in [-0.39, 0.29) is 18.1 Å². The minimum Gasteiger partial charge on any atom is -0.504 e. The fourth-order valence-corrected chi connectivity index (χ4v) is 2.15. The number of benzene rings is 2. The minimum absolute atomic E-state index is 0.0399. The van der Waals surface area contributed by atoms with Gasteiger partial charge in [0.1, 0.15) is 6.29 Å². The number of aliphatic hydroxyl groups is 1. The number of hydrogen-bond acceptors (Lipinski definition) is 8. The smallest absolute Gasteiger partial charge is 0.183 e. The summed E-state index contributed by atoms with van der Waals surface area (Å²) in [5.74, 6) is 0.882. The summed E-state index contributed by atoms with van der Waals surface area (Å²) in [6.07, 6.45) is 0.284. The number of aromatic hydroxyl groups is 2. The molecule has 0 saturated carbocycles. The predicted octanol–water partition coefficient (Wildman–Crippen LogP) is 3.68. The largest absolute Gasteiger partial charge is 0.504 e. The number of ether oxygens (including phenoxy) is 4. The maximum atomic E-state index is 10.2. The molecule has 2 aromatic rings. The summed E-state index contributed by atoms with van der Waals surface area (Å²) in [7, 11) is 2.94. The molecule has 0 aliphatic carbocycles. The molecule has 0 aromatic heterocycles. The van der Waals surface area contributed by atoms with E-state index in [2.05, 4.69) is 0 Å². The molecule has 0 amide bonds. The van der Waals surface area contributed by atoms with Gasteiger partial charge < -0.3 is 34.3 Å². The van der Waals surface area contributed by atoms with Crippen molar-refractivity contribution in [2.75, 3.05) is 34.0 Å². The van der Waals surface area contributed by atoms with Gasteiger partial charge in [-0.1, -0.05) is 6.07 Å². The van der Waals surface area contributed by atoms with Crippen LogP contribution in [-0.4, -0.2) is 55.6 Å². The second-order valence-electron chi connectivity index (χ2n) is 5.54. The number of carbonyl (C=O) groups is 1. The number of hydrogen-bond donors (Lipinski definition) is 3. The molecule has 3 N–H and O–H groups in total. The molecule has 0 atom stereocenters. The van der Waals surface area contributed by atoms with Gasteiger partial charge in [0.15, 0.2) is 29.3 Å². The zero-order valence-corrected chi connectivity index (χ0v) is 18.1. The molecule has 0 saturated heterocycles. The molecular formula is C22H32O8. The maximum Gasteiger partial charge on any atom is 0.183 e. The third kappa shape index (κ3) is 9.60. The summed E-state index contributed by atoms with van der Waals surface area (Å²) in [5.41, 5.74) is 1.32. The van der Waals surface area contributed by atoms with E-state index in [1.165, 1.54) is 32.4 Å². The fraction of sp³-hybridized carbons (Fsp3) is 0.409. The molecule has 0 radical (unpaired) electrons. The van der Waals surface area contributed by atoms with Gasteiger partial charge in [-0.05, 0) is 51.1 Å². The highest BCUT2D eigenvalue weighted by Gasteiger charge is 2.13. The molecule has 2 aromatic carbocycles. The van der Waals surface area contributed by atoms with Gasteiger partial charge in [-0.3, -0.25) is 4.79 Å². The molecule has 8 heteroatoms. The van der Waals surface area contributed by atoms with E-state index in [1.54, 1.807) is 25.1 Å². The second kappa shape index (κ2) is 16.0. The van der Waals surface area contributed by atoms with E-state index >= 15 is 0 Å². The lowest BCUT2D eigenvalue weighted by molar-refractivity contribution is -0.140. The average molecular weight is 424 g/mol. The van der Waals surface area contributed by atoms with E-state index in [4.69, 9.17) is 29.2 Å². The van der Waals surface area contributed by atoms with Crippen molar-refractivity contribution < 1.29 is 39.1 Å². The van der Waals surface area contributed by atoms with Crippen LogP contribution in [-0.2, 0) is 9.47 Å². The number of carbonyl (C=O) groups excluding carboxylic acids is 1. The number of phenolic OH excluding ortho intramolecular Hbond substituents is 2. The third-order valence-corrected chi connectivity index (χ3v) is 3.45. The Labute approximate surface area is 177 Å².